The van der Waals surface area contributed by atoms with E-state index in [2.05, 4.69) is 6.92 Å². The van der Waals surface area contributed by atoms with Gasteiger partial charge in [-0.05, 0) is 41.8 Å². The molecule has 0 aliphatic heterocycles. The van der Waals surface area contributed by atoms with Crippen LogP contribution in [-0.2, 0) is 11.0 Å². The van der Waals surface area contributed by atoms with E-state index in [-0.39, 0.29) is 5.82 Å². The molecule has 0 bridgehead atoms. The van der Waals surface area contributed by atoms with Gasteiger partial charge in [0.1, 0.15) is 17.3 Å². The van der Waals surface area contributed by atoms with E-state index in [1.807, 2.05) is 32.0 Å². The molecule has 0 radical (unpaired) electrons. The molecule has 0 aliphatic rings. The maximum absolute atomic E-state index is 13.5. The Morgan fingerprint density at radius 2 is 1.44 bits per heavy atom. The van der Waals surface area contributed by atoms with Crippen LogP contribution < -0.4 is 9.47 Å². The summed E-state index contributed by atoms with van der Waals surface area (Å²) in [6, 6.07) is 11.8. The molecule has 0 spiro atoms. The fourth-order valence-corrected chi connectivity index (χ4v) is 3.58. The zero-order chi connectivity index (χ0) is 20.1. The van der Waals surface area contributed by atoms with Gasteiger partial charge in [0, 0.05) is 11.5 Å². The monoisotopic (exact) mass is 374 g/mol. The van der Waals surface area contributed by atoms with Crippen molar-refractivity contribution < 1.29 is 19.0 Å². The van der Waals surface area contributed by atoms with Crippen molar-refractivity contribution in [2.45, 2.75) is 57.5 Å². The molecule has 2 aromatic carbocycles. The summed E-state index contributed by atoms with van der Waals surface area (Å²) in [4.78, 5) is 0. The Morgan fingerprint density at radius 1 is 0.889 bits per heavy atom. The second-order valence-electron chi connectivity index (χ2n) is 7.55. The Bertz CT molecular complexity index is 718. The first-order valence-corrected chi connectivity index (χ1v) is 9.50. The lowest BCUT2D eigenvalue weighted by atomic mass is 9.64. The van der Waals surface area contributed by atoms with E-state index in [0.29, 0.717) is 23.5 Å². The number of halogens is 1. The first kappa shape index (κ1) is 21.2. The summed E-state index contributed by atoms with van der Waals surface area (Å²) in [7, 11) is 3.22. The van der Waals surface area contributed by atoms with Gasteiger partial charge in [0.15, 0.2) is 0 Å². The van der Waals surface area contributed by atoms with Crippen molar-refractivity contribution in [3.8, 4) is 11.5 Å². The van der Waals surface area contributed by atoms with Gasteiger partial charge in [-0.2, -0.15) is 0 Å². The van der Waals surface area contributed by atoms with E-state index in [1.165, 1.54) is 12.1 Å². The third kappa shape index (κ3) is 4.44. The standard InChI is InChI=1S/C23H31FO3/c1-6-7-8-13-23(25,17-9-11-19(24)12-10-17)22(2,3)18-14-20(26-4)16-21(15-18)27-5/h9-12,14-16,25H,6-8,13H2,1-5H3. The molecule has 4 heteroatoms. The third-order valence-electron chi connectivity index (χ3n) is 5.57. The van der Waals surface area contributed by atoms with Crippen LogP contribution in [0.15, 0.2) is 42.5 Å². The van der Waals surface area contributed by atoms with Gasteiger partial charge >= 0.3 is 0 Å². The van der Waals surface area contributed by atoms with E-state index < -0.39 is 11.0 Å². The van der Waals surface area contributed by atoms with Crippen molar-refractivity contribution in [2.24, 2.45) is 0 Å². The predicted molar refractivity (Wildman–Crippen MR) is 107 cm³/mol. The number of methoxy groups -OCH3 is 2. The average molecular weight is 374 g/mol. The number of ether oxygens (including phenoxy) is 2. The topological polar surface area (TPSA) is 38.7 Å². The molecule has 2 rings (SSSR count). The molecule has 0 aromatic heterocycles. The molecule has 3 nitrogen and oxygen atoms in total. The lowest BCUT2D eigenvalue weighted by Crippen LogP contribution is -2.45. The van der Waals surface area contributed by atoms with Crippen molar-refractivity contribution in [1.82, 2.24) is 0 Å². The minimum atomic E-state index is -1.16. The SMILES string of the molecule is CCCCCC(O)(c1ccc(F)cc1)C(C)(C)c1cc(OC)cc(OC)c1. The molecule has 148 valence electrons. The van der Waals surface area contributed by atoms with Gasteiger partial charge < -0.3 is 14.6 Å². The summed E-state index contributed by atoms with van der Waals surface area (Å²) in [6.07, 6.45) is 3.56. The smallest absolute Gasteiger partial charge is 0.123 e. The van der Waals surface area contributed by atoms with Crippen LogP contribution in [0.5, 0.6) is 11.5 Å². The van der Waals surface area contributed by atoms with Crippen LogP contribution in [0.4, 0.5) is 4.39 Å². The molecule has 1 N–H and O–H groups in total. The van der Waals surface area contributed by atoms with Crippen LogP contribution in [-0.4, -0.2) is 19.3 Å². The Morgan fingerprint density at radius 3 is 1.93 bits per heavy atom. The van der Waals surface area contributed by atoms with Crippen LogP contribution in [0.1, 0.15) is 57.6 Å². The maximum Gasteiger partial charge on any atom is 0.123 e. The normalized spacial score (nSPS) is 13.9. The Hall–Kier alpha value is -2.07. The van der Waals surface area contributed by atoms with Crippen molar-refractivity contribution in [2.75, 3.05) is 14.2 Å². The second-order valence-corrected chi connectivity index (χ2v) is 7.55. The molecule has 0 aliphatic carbocycles. The van der Waals surface area contributed by atoms with Gasteiger partial charge in [-0.3, -0.25) is 0 Å². The highest BCUT2D eigenvalue weighted by atomic mass is 19.1. The molecule has 0 amide bonds. The maximum atomic E-state index is 13.5. The van der Waals surface area contributed by atoms with Crippen molar-refractivity contribution in [3.63, 3.8) is 0 Å². The number of hydrogen-bond donors (Lipinski definition) is 1. The van der Waals surface area contributed by atoms with E-state index in [1.54, 1.807) is 26.4 Å². The fraction of sp³-hybridized carbons (Fsp3) is 0.478. The van der Waals surface area contributed by atoms with Crippen LogP contribution >= 0.6 is 0 Å². The van der Waals surface area contributed by atoms with Gasteiger partial charge in [0.25, 0.3) is 0 Å². The number of hydrogen-bond acceptors (Lipinski definition) is 3. The zero-order valence-corrected chi connectivity index (χ0v) is 17.0. The second kappa shape index (κ2) is 8.75. The number of aliphatic hydroxyl groups is 1. The highest BCUT2D eigenvalue weighted by molar-refractivity contribution is 5.44. The fourth-order valence-electron chi connectivity index (χ4n) is 3.58. The van der Waals surface area contributed by atoms with Gasteiger partial charge in [-0.25, -0.2) is 4.39 Å². The van der Waals surface area contributed by atoms with Gasteiger partial charge in [-0.1, -0.05) is 52.2 Å². The summed E-state index contributed by atoms with van der Waals surface area (Å²) < 4.78 is 24.3. The minimum Gasteiger partial charge on any atom is -0.497 e. The van der Waals surface area contributed by atoms with Crippen molar-refractivity contribution in [1.29, 1.82) is 0 Å². The highest BCUT2D eigenvalue weighted by Crippen LogP contribution is 2.47. The molecular weight excluding hydrogens is 343 g/mol. The van der Waals surface area contributed by atoms with Gasteiger partial charge in [-0.15, -0.1) is 0 Å². The van der Waals surface area contributed by atoms with Crippen LogP contribution in [0.2, 0.25) is 0 Å². The summed E-state index contributed by atoms with van der Waals surface area (Å²) in [5.41, 5.74) is -0.193. The quantitative estimate of drug-likeness (QED) is 0.582. The Balaban J connectivity index is 2.57. The molecule has 2 aromatic rings. The van der Waals surface area contributed by atoms with Gasteiger partial charge in [0.05, 0.1) is 19.8 Å². The van der Waals surface area contributed by atoms with Crippen molar-refractivity contribution in [3.05, 3.63) is 59.4 Å². The van der Waals surface area contributed by atoms with E-state index >= 15 is 0 Å². The predicted octanol–water partition coefficient (Wildman–Crippen LogP) is 5.59. The molecule has 0 saturated carbocycles. The van der Waals surface area contributed by atoms with Gasteiger partial charge in [0.2, 0.25) is 0 Å². The Kier molecular flexibility index (Phi) is 6.88. The summed E-state index contributed by atoms with van der Waals surface area (Å²) >= 11 is 0. The van der Waals surface area contributed by atoms with Crippen LogP contribution in [0.3, 0.4) is 0 Å². The molecular formula is C23H31FO3. The first-order valence-electron chi connectivity index (χ1n) is 9.50. The number of rotatable bonds is 9. The molecule has 0 saturated heterocycles. The average Bonchev–Trinajstić information content (AvgIpc) is 2.67. The van der Waals surface area contributed by atoms with Crippen molar-refractivity contribution >= 4 is 0 Å². The minimum absolute atomic E-state index is 0.310. The summed E-state index contributed by atoms with van der Waals surface area (Å²) in [6.45, 7) is 6.15. The molecule has 27 heavy (non-hydrogen) atoms. The zero-order valence-electron chi connectivity index (χ0n) is 17.0. The molecule has 0 fully saturated rings. The summed E-state index contributed by atoms with van der Waals surface area (Å²) in [5.74, 6) is 1.04. The summed E-state index contributed by atoms with van der Waals surface area (Å²) in [5, 5.41) is 11.9. The Labute approximate surface area is 162 Å². The largest absolute Gasteiger partial charge is 0.497 e. The molecule has 0 heterocycles. The number of benzene rings is 2. The van der Waals surface area contributed by atoms with Crippen LogP contribution in [0.25, 0.3) is 0 Å². The lowest BCUT2D eigenvalue weighted by molar-refractivity contribution is -0.0419. The molecule has 1 atom stereocenters. The van der Waals surface area contributed by atoms with E-state index in [0.717, 1.165) is 24.8 Å². The van der Waals surface area contributed by atoms with E-state index in [9.17, 15) is 9.50 Å². The number of unbranched alkanes of at least 4 members (excludes halogenated alkanes) is 2. The van der Waals surface area contributed by atoms with Crippen LogP contribution in [0, 0.1) is 5.82 Å². The lowest BCUT2D eigenvalue weighted by Gasteiger charge is -2.44. The molecule has 1 unspecified atom stereocenters. The third-order valence-corrected chi connectivity index (χ3v) is 5.57. The highest BCUT2D eigenvalue weighted by Gasteiger charge is 2.45. The van der Waals surface area contributed by atoms with E-state index in [4.69, 9.17) is 9.47 Å². The first-order chi connectivity index (χ1) is 12.8.